The summed E-state index contributed by atoms with van der Waals surface area (Å²) in [4.78, 5) is 23.2. The number of carbonyl (C=O) groups is 1. The number of aromatic nitrogens is 2. The number of hydrogen-bond acceptors (Lipinski definition) is 7. The van der Waals surface area contributed by atoms with E-state index in [0.717, 1.165) is 24.1 Å². The number of rotatable bonds is 8. The fourth-order valence-corrected chi connectivity index (χ4v) is 4.80. The zero-order valence-corrected chi connectivity index (χ0v) is 20.4. The van der Waals surface area contributed by atoms with E-state index < -0.39 is 11.7 Å². The van der Waals surface area contributed by atoms with Gasteiger partial charge in [0.15, 0.2) is 0 Å². The van der Waals surface area contributed by atoms with Crippen LogP contribution in [-0.4, -0.2) is 71.8 Å². The first-order valence-corrected chi connectivity index (χ1v) is 12.3. The average molecular weight is 534 g/mol. The number of ether oxygens (including phenoxy) is 2. The van der Waals surface area contributed by atoms with Crippen molar-refractivity contribution < 1.29 is 31.8 Å². The van der Waals surface area contributed by atoms with Gasteiger partial charge in [0.05, 0.1) is 43.0 Å². The van der Waals surface area contributed by atoms with Crippen LogP contribution in [0.25, 0.3) is 10.9 Å². The molecule has 3 heterocycles. The Balaban J connectivity index is 1.24. The van der Waals surface area contributed by atoms with Crippen molar-refractivity contribution in [2.45, 2.75) is 37.4 Å². The van der Waals surface area contributed by atoms with Gasteiger partial charge >= 0.3 is 6.18 Å². The molecular weight excluding hydrogens is 506 g/mol. The lowest BCUT2D eigenvalue weighted by molar-refractivity contribution is -0.137. The fraction of sp³-hybridized carbons (Fsp3) is 0.423. The van der Waals surface area contributed by atoms with Crippen molar-refractivity contribution in [2.24, 2.45) is 0 Å². The second-order valence-electron chi connectivity index (χ2n) is 9.43. The van der Waals surface area contributed by atoms with Gasteiger partial charge in [0.1, 0.15) is 18.0 Å². The number of likely N-dealkylation sites (tertiary alicyclic amines) is 1. The largest absolute Gasteiger partial charge is 0.416 e. The third-order valence-corrected chi connectivity index (χ3v) is 6.82. The van der Waals surface area contributed by atoms with Gasteiger partial charge in [-0.05, 0) is 42.3 Å². The van der Waals surface area contributed by atoms with Crippen molar-refractivity contribution in [3.05, 3.63) is 65.7 Å². The van der Waals surface area contributed by atoms with E-state index in [9.17, 15) is 22.4 Å². The molecule has 38 heavy (non-hydrogen) atoms. The summed E-state index contributed by atoms with van der Waals surface area (Å²) in [5.41, 5.74) is 0.320. The van der Waals surface area contributed by atoms with Crippen LogP contribution in [0.3, 0.4) is 0 Å². The van der Waals surface area contributed by atoms with Crippen molar-refractivity contribution in [1.82, 2.24) is 20.2 Å². The first kappa shape index (κ1) is 26.3. The topological polar surface area (TPSA) is 88.6 Å². The predicted octanol–water partition coefficient (Wildman–Crippen LogP) is 3.37. The monoisotopic (exact) mass is 533 g/mol. The van der Waals surface area contributed by atoms with E-state index in [1.165, 1.54) is 24.5 Å². The fourth-order valence-electron chi connectivity index (χ4n) is 4.80. The molecule has 202 valence electrons. The molecule has 2 fully saturated rings. The number of carbonyl (C=O) groups excluding carboxylic acids is 1. The van der Waals surface area contributed by atoms with Crippen LogP contribution in [0, 0.1) is 5.82 Å². The maximum absolute atomic E-state index is 13.2. The van der Waals surface area contributed by atoms with Crippen LogP contribution < -0.4 is 10.6 Å². The molecule has 2 aliphatic heterocycles. The van der Waals surface area contributed by atoms with E-state index in [4.69, 9.17) is 9.47 Å². The van der Waals surface area contributed by atoms with Crippen molar-refractivity contribution in [2.75, 3.05) is 38.2 Å². The normalized spacial score (nSPS) is 22.2. The Bertz CT molecular complexity index is 1270. The van der Waals surface area contributed by atoms with Gasteiger partial charge in [-0.1, -0.05) is 12.1 Å². The number of amides is 1. The van der Waals surface area contributed by atoms with Gasteiger partial charge in [-0.3, -0.25) is 9.69 Å². The number of anilines is 1. The molecule has 0 spiro atoms. The second kappa shape index (κ2) is 11.2. The molecular formula is C26H27F4N5O3. The molecule has 3 atom stereocenters. The Morgan fingerprint density at radius 1 is 1.13 bits per heavy atom. The van der Waals surface area contributed by atoms with Crippen LogP contribution in [0.5, 0.6) is 0 Å². The summed E-state index contributed by atoms with van der Waals surface area (Å²) in [6.07, 6.45) is -2.69. The Hall–Kier alpha value is -3.35. The van der Waals surface area contributed by atoms with Crippen molar-refractivity contribution in [3.8, 4) is 0 Å². The molecule has 5 rings (SSSR count). The molecule has 8 nitrogen and oxygen atoms in total. The Labute approximate surface area is 216 Å². The second-order valence-corrected chi connectivity index (χ2v) is 9.43. The standard InChI is InChI=1S/C26H27F4N5O3/c27-18-4-1-16(2-5-18)13-38-23-12-35(19-7-8-37-14-19)11-22(23)34-24(36)10-31-25-20-9-17(26(28,29)30)3-6-21(20)32-15-33-25/h1-6,9,15,19,22-23H,7-8,10-14H2,(H,34,36)(H,31,32,33)/t19?,22?,23-/m0/s1. The summed E-state index contributed by atoms with van der Waals surface area (Å²) in [5.74, 6) is -0.545. The highest BCUT2D eigenvalue weighted by Gasteiger charge is 2.39. The van der Waals surface area contributed by atoms with Crippen LogP contribution in [0.15, 0.2) is 48.8 Å². The van der Waals surface area contributed by atoms with Gasteiger partial charge in [0, 0.05) is 31.1 Å². The Kier molecular flexibility index (Phi) is 7.73. The summed E-state index contributed by atoms with van der Waals surface area (Å²) < 4.78 is 64.5. The molecule has 2 aliphatic rings. The van der Waals surface area contributed by atoms with Crippen molar-refractivity contribution in [1.29, 1.82) is 0 Å². The molecule has 0 bridgehead atoms. The summed E-state index contributed by atoms with van der Waals surface area (Å²) in [6, 6.07) is 9.16. The van der Waals surface area contributed by atoms with Crippen LogP contribution in [0.4, 0.5) is 23.4 Å². The number of nitrogens with zero attached hydrogens (tertiary/aromatic N) is 3. The number of halogens is 4. The van der Waals surface area contributed by atoms with Crippen LogP contribution in [0.1, 0.15) is 17.5 Å². The minimum absolute atomic E-state index is 0.136. The first-order chi connectivity index (χ1) is 18.3. The predicted molar refractivity (Wildman–Crippen MR) is 131 cm³/mol. The average Bonchev–Trinajstić information content (AvgIpc) is 3.57. The molecule has 1 amide bonds. The first-order valence-electron chi connectivity index (χ1n) is 12.3. The van der Waals surface area contributed by atoms with Crippen molar-refractivity contribution >= 4 is 22.6 Å². The number of nitrogens with one attached hydrogen (secondary N) is 2. The SMILES string of the molecule is O=C(CNc1ncnc2ccc(C(F)(F)F)cc12)NC1CN(C2CCOC2)C[C@@H]1OCc1ccc(F)cc1. The molecule has 3 aromatic rings. The van der Waals surface area contributed by atoms with E-state index in [0.29, 0.717) is 31.8 Å². The molecule has 0 saturated carbocycles. The maximum atomic E-state index is 13.2. The third-order valence-electron chi connectivity index (χ3n) is 6.82. The summed E-state index contributed by atoms with van der Waals surface area (Å²) in [7, 11) is 0. The lowest BCUT2D eigenvalue weighted by Gasteiger charge is -2.21. The highest BCUT2D eigenvalue weighted by atomic mass is 19.4. The molecule has 1 aromatic heterocycles. The number of fused-ring (bicyclic) bond motifs is 1. The minimum Gasteiger partial charge on any atom is -0.380 e. The van der Waals surface area contributed by atoms with Gasteiger partial charge in [0.25, 0.3) is 0 Å². The van der Waals surface area contributed by atoms with E-state index in [1.807, 2.05) is 0 Å². The van der Waals surface area contributed by atoms with Gasteiger partial charge in [-0.25, -0.2) is 14.4 Å². The molecule has 0 aliphatic carbocycles. The molecule has 2 aromatic carbocycles. The molecule has 2 saturated heterocycles. The van der Waals surface area contributed by atoms with Crippen LogP contribution in [0.2, 0.25) is 0 Å². The zero-order chi connectivity index (χ0) is 26.7. The van der Waals surface area contributed by atoms with Crippen LogP contribution >= 0.6 is 0 Å². The third kappa shape index (κ3) is 6.20. The van der Waals surface area contributed by atoms with E-state index in [1.54, 1.807) is 12.1 Å². The van der Waals surface area contributed by atoms with E-state index >= 15 is 0 Å². The minimum atomic E-state index is -4.51. The van der Waals surface area contributed by atoms with Gasteiger partial charge < -0.3 is 20.1 Å². The summed E-state index contributed by atoms with van der Waals surface area (Å²) in [6.45, 7) is 2.54. The zero-order valence-electron chi connectivity index (χ0n) is 20.4. The highest BCUT2D eigenvalue weighted by Crippen LogP contribution is 2.32. The Morgan fingerprint density at radius 2 is 1.95 bits per heavy atom. The maximum Gasteiger partial charge on any atom is 0.416 e. The number of alkyl halides is 3. The van der Waals surface area contributed by atoms with Crippen molar-refractivity contribution in [3.63, 3.8) is 0 Å². The molecule has 12 heteroatoms. The lowest BCUT2D eigenvalue weighted by atomic mass is 10.1. The van der Waals surface area contributed by atoms with Crippen LogP contribution in [-0.2, 0) is 27.1 Å². The van der Waals surface area contributed by atoms with Gasteiger partial charge in [0.2, 0.25) is 5.91 Å². The smallest absolute Gasteiger partial charge is 0.380 e. The van der Waals surface area contributed by atoms with Gasteiger partial charge in [-0.2, -0.15) is 13.2 Å². The van der Waals surface area contributed by atoms with E-state index in [2.05, 4.69) is 25.5 Å². The molecule has 2 N–H and O–H groups in total. The van der Waals surface area contributed by atoms with Gasteiger partial charge in [-0.15, -0.1) is 0 Å². The molecule has 0 radical (unpaired) electrons. The highest BCUT2D eigenvalue weighted by molar-refractivity contribution is 5.91. The summed E-state index contributed by atoms with van der Waals surface area (Å²) >= 11 is 0. The molecule has 2 unspecified atom stereocenters. The Morgan fingerprint density at radius 3 is 2.68 bits per heavy atom. The number of benzene rings is 2. The summed E-state index contributed by atoms with van der Waals surface area (Å²) in [5, 5.41) is 6.00. The number of hydrogen-bond donors (Lipinski definition) is 2. The lowest BCUT2D eigenvalue weighted by Crippen LogP contribution is -2.46. The quantitative estimate of drug-likeness (QED) is 0.430. The van der Waals surface area contributed by atoms with E-state index in [-0.39, 0.29) is 54.3 Å².